The number of nitrogens with zero attached hydrogens (tertiary/aromatic N) is 3. The zero-order chi connectivity index (χ0) is 21.6. The first kappa shape index (κ1) is 21.0. The van der Waals surface area contributed by atoms with Gasteiger partial charge in [0, 0.05) is 31.2 Å². The van der Waals surface area contributed by atoms with Crippen molar-refractivity contribution < 1.29 is 24.2 Å². The van der Waals surface area contributed by atoms with Gasteiger partial charge < -0.3 is 24.5 Å². The maximum Gasteiger partial charge on any atom is 0.407 e. The molecule has 0 radical (unpaired) electrons. The molecule has 0 saturated carbocycles. The second kappa shape index (κ2) is 7.24. The Morgan fingerprint density at radius 2 is 1.69 bits per heavy atom. The third kappa shape index (κ3) is 3.41. The van der Waals surface area contributed by atoms with Crippen LogP contribution in [-0.2, 0) is 9.53 Å². The molecule has 0 aromatic heterocycles. The van der Waals surface area contributed by atoms with Crippen LogP contribution in [0.2, 0.25) is 0 Å². The molecule has 1 N–H and O–H groups in total. The normalized spacial score (nSPS) is 21.6. The number of likely N-dealkylation sites (N-methyl/N-ethyl adjacent to an activating group) is 1. The third-order valence-corrected chi connectivity index (χ3v) is 5.99. The lowest BCUT2D eigenvalue weighted by Crippen LogP contribution is -2.59. The van der Waals surface area contributed by atoms with Gasteiger partial charge in [-0.3, -0.25) is 4.79 Å². The molecule has 0 bridgehead atoms. The lowest BCUT2D eigenvalue weighted by Gasteiger charge is -2.47. The van der Waals surface area contributed by atoms with Gasteiger partial charge in [-0.1, -0.05) is 20.8 Å². The summed E-state index contributed by atoms with van der Waals surface area (Å²) in [5.41, 5.74) is 0.237. The van der Waals surface area contributed by atoms with Crippen LogP contribution in [0.1, 0.15) is 44.0 Å². The molecular formula is C21H29N3O5. The molecular weight excluding hydrogens is 374 g/mol. The van der Waals surface area contributed by atoms with Crippen molar-refractivity contribution in [3.05, 3.63) is 29.8 Å². The van der Waals surface area contributed by atoms with E-state index in [1.165, 1.54) is 12.0 Å². The van der Waals surface area contributed by atoms with E-state index in [4.69, 9.17) is 4.74 Å². The Hall–Kier alpha value is -2.77. The summed E-state index contributed by atoms with van der Waals surface area (Å²) in [5.74, 6) is -0.400. The van der Waals surface area contributed by atoms with Crippen LogP contribution in [-0.4, -0.2) is 71.8 Å². The summed E-state index contributed by atoms with van der Waals surface area (Å²) in [6.07, 6.45) is -0.308. The minimum absolute atomic E-state index is 0.0134. The fourth-order valence-electron chi connectivity index (χ4n) is 4.70. The van der Waals surface area contributed by atoms with Crippen LogP contribution in [0, 0.1) is 5.41 Å². The number of piperidine rings is 1. The van der Waals surface area contributed by atoms with Crippen molar-refractivity contribution in [1.82, 2.24) is 9.80 Å². The highest BCUT2D eigenvalue weighted by Gasteiger charge is 2.59. The Morgan fingerprint density at radius 3 is 2.14 bits per heavy atom. The molecule has 0 aliphatic carbocycles. The van der Waals surface area contributed by atoms with Crippen LogP contribution < -0.4 is 4.90 Å². The predicted octanol–water partition coefficient (Wildman–Crippen LogP) is 2.64. The molecule has 8 nitrogen and oxygen atoms in total. The monoisotopic (exact) mass is 403 g/mol. The summed E-state index contributed by atoms with van der Waals surface area (Å²) in [6.45, 7) is 6.87. The molecule has 1 aromatic carbocycles. The first-order valence-corrected chi connectivity index (χ1v) is 9.76. The number of carbonyl (C=O) groups is 3. The van der Waals surface area contributed by atoms with E-state index in [2.05, 4.69) is 25.7 Å². The quantitative estimate of drug-likeness (QED) is 0.764. The highest BCUT2D eigenvalue weighted by atomic mass is 16.5. The van der Waals surface area contributed by atoms with E-state index in [-0.39, 0.29) is 17.5 Å². The molecule has 2 heterocycles. The van der Waals surface area contributed by atoms with Crippen molar-refractivity contribution in [3.63, 3.8) is 0 Å². The Morgan fingerprint density at radius 1 is 1.14 bits per heavy atom. The lowest BCUT2D eigenvalue weighted by atomic mass is 9.84. The van der Waals surface area contributed by atoms with Gasteiger partial charge in [0.15, 0.2) is 0 Å². The zero-order valence-corrected chi connectivity index (χ0v) is 17.6. The molecule has 2 aliphatic rings. The SMILES string of the molecule is COC(=O)c1ccc(N2C(C(C)(C)C)N(C)C(=O)C23CCN(C(=O)O)CC3)cc1. The van der Waals surface area contributed by atoms with Gasteiger partial charge in [-0.2, -0.15) is 0 Å². The number of amides is 2. The fraction of sp³-hybridized carbons (Fsp3) is 0.571. The summed E-state index contributed by atoms with van der Waals surface area (Å²) >= 11 is 0. The number of anilines is 1. The summed E-state index contributed by atoms with van der Waals surface area (Å²) in [7, 11) is 3.15. The molecule has 158 valence electrons. The molecule has 29 heavy (non-hydrogen) atoms. The number of carbonyl (C=O) groups excluding carboxylic acids is 2. The number of rotatable bonds is 2. The molecule has 1 unspecified atom stereocenters. The van der Waals surface area contributed by atoms with E-state index in [1.54, 1.807) is 17.0 Å². The van der Waals surface area contributed by atoms with Crippen LogP contribution in [0.25, 0.3) is 0 Å². The maximum atomic E-state index is 13.5. The van der Waals surface area contributed by atoms with Gasteiger partial charge in [-0.15, -0.1) is 0 Å². The molecule has 3 rings (SSSR count). The largest absolute Gasteiger partial charge is 0.465 e. The minimum atomic E-state index is -0.958. The van der Waals surface area contributed by atoms with E-state index < -0.39 is 17.6 Å². The van der Waals surface area contributed by atoms with Gasteiger partial charge in [0.1, 0.15) is 11.7 Å². The zero-order valence-electron chi connectivity index (χ0n) is 17.6. The van der Waals surface area contributed by atoms with Crippen LogP contribution in [0.3, 0.4) is 0 Å². The first-order valence-electron chi connectivity index (χ1n) is 9.76. The third-order valence-electron chi connectivity index (χ3n) is 5.99. The molecule has 2 saturated heterocycles. The van der Waals surface area contributed by atoms with E-state index in [0.29, 0.717) is 31.5 Å². The number of ether oxygens (including phenoxy) is 1. The number of hydrogen-bond acceptors (Lipinski definition) is 5. The molecule has 1 aromatic rings. The van der Waals surface area contributed by atoms with Gasteiger partial charge in [0.25, 0.3) is 0 Å². The Labute approximate surface area is 171 Å². The topological polar surface area (TPSA) is 90.4 Å². The van der Waals surface area contributed by atoms with Gasteiger partial charge in [0.05, 0.1) is 12.7 Å². The highest BCUT2D eigenvalue weighted by molar-refractivity contribution is 5.95. The number of carboxylic acid groups (broad SMARTS) is 1. The van der Waals surface area contributed by atoms with Crippen molar-refractivity contribution in [1.29, 1.82) is 0 Å². The van der Waals surface area contributed by atoms with Gasteiger partial charge in [-0.05, 0) is 37.1 Å². The smallest absolute Gasteiger partial charge is 0.407 e. The van der Waals surface area contributed by atoms with Gasteiger partial charge in [0.2, 0.25) is 5.91 Å². The molecule has 1 spiro atoms. The Bertz CT molecular complexity index is 807. The van der Waals surface area contributed by atoms with Crippen LogP contribution in [0.5, 0.6) is 0 Å². The highest BCUT2D eigenvalue weighted by Crippen LogP contribution is 2.46. The average Bonchev–Trinajstić information content (AvgIpc) is 2.90. The number of hydrogen-bond donors (Lipinski definition) is 1. The van der Waals surface area contributed by atoms with Crippen LogP contribution in [0.4, 0.5) is 10.5 Å². The van der Waals surface area contributed by atoms with Crippen LogP contribution >= 0.6 is 0 Å². The van der Waals surface area contributed by atoms with Crippen molar-refractivity contribution in [2.45, 2.75) is 45.3 Å². The van der Waals surface area contributed by atoms with Gasteiger partial charge >= 0.3 is 12.1 Å². The van der Waals surface area contributed by atoms with E-state index in [0.717, 1.165) is 5.69 Å². The number of likely N-dealkylation sites (tertiary alicyclic amines) is 1. The van der Waals surface area contributed by atoms with Crippen molar-refractivity contribution in [2.75, 3.05) is 32.1 Å². The molecule has 2 fully saturated rings. The summed E-state index contributed by atoms with van der Waals surface area (Å²) in [5, 5.41) is 9.33. The van der Waals surface area contributed by atoms with E-state index in [9.17, 15) is 19.5 Å². The molecule has 2 amide bonds. The summed E-state index contributed by atoms with van der Waals surface area (Å²) in [6, 6.07) is 7.07. The van der Waals surface area contributed by atoms with Crippen molar-refractivity contribution in [3.8, 4) is 0 Å². The molecule has 2 aliphatic heterocycles. The minimum Gasteiger partial charge on any atom is -0.465 e. The Balaban J connectivity index is 2.06. The lowest BCUT2D eigenvalue weighted by molar-refractivity contribution is -0.134. The number of methoxy groups -OCH3 is 1. The number of benzene rings is 1. The maximum absolute atomic E-state index is 13.5. The van der Waals surface area contributed by atoms with E-state index >= 15 is 0 Å². The summed E-state index contributed by atoms with van der Waals surface area (Å²) in [4.78, 5) is 41.9. The fourth-order valence-corrected chi connectivity index (χ4v) is 4.70. The average molecular weight is 403 g/mol. The summed E-state index contributed by atoms with van der Waals surface area (Å²) < 4.78 is 4.78. The predicted molar refractivity (Wildman–Crippen MR) is 108 cm³/mol. The second-order valence-electron chi connectivity index (χ2n) is 8.87. The second-order valence-corrected chi connectivity index (χ2v) is 8.87. The molecule has 8 heteroatoms. The van der Waals surface area contributed by atoms with Crippen LogP contribution in [0.15, 0.2) is 24.3 Å². The van der Waals surface area contributed by atoms with Crippen molar-refractivity contribution in [2.24, 2.45) is 5.41 Å². The molecule has 1 atom stereocenters. The standard InChI is InChI=1S/C21H29N3O5/c1-20(2,3)17-22(4)18(26)21(10-12-23(13-11-21)19(27)28)24(17)15-8-6-14(7-9-15)16(25)29-5/h6-9,17H,10-13H2,1-5H3,(H,27,28). The van der Waals surface area contributed by atoms with E-state index in [1.807, 2.05) is 19.2 Å². The van der Waals surface area contributed by atoms with Crippen molar-refractivity contribution >= 4 is 23.7 Å². The Kier molecular flexibility index (Phi) is 5.23. The van der Waals surface area contributed by atoms with Gasteiger partial charge in [-0.25, -0.2) is 9.59 Å². The number of esters is 1. The first-order chi connectivity index (χ1) is 13.5.